The molecule has 1 aliphatic heterocycles. The van der Waals surface area contributed by atoms with Gasteiger partial charge in [0.1, 0.15) is 6.33 Å². The molecule has 2 heterocycles. The van der Waals surface area contributed by atoms with E-state index in [9.17, 15) is 4.79 Å². The lowest BCUT2D eigenvalue weighted by atomic mass is 9.99. The fraction of sp³-hybridized carbons (Fsp3) is 0.667. The van der Waals surface area contributed by atoms with Crippen LogP contribution in [0, 0.1) is 5.92 Å². The van der Waals surface area contributed by atoms with Crippen LogP contribution >= 0.6 is 0 Å². The first-order chi connectivity index (χ1) is 7.24. The fourth-order valence-corrected chi connectivity index (χ4v) is 1.47. The molecule has 82 valence electrons. The monoisotopic (exact) mass is 209 g/mol. The van der Waals surface area contributed by atoms with Crippen molar-refractivity contribution in [2.75, 3.05) is 13.1 Å². The molecule has 0 saturated carbocycles. The minimum atomic E-state index is 0.0777. The van der Waals surface area contributed by atoms with Crippen molar-refractivity contribution in [1.29, 1.82) is 0 Å². The maximum absolute atomic E-state index is 11.4. The van der Waals surface area contributed by atoms with Crippen molar-refractivity contribution < 1.29 is 4.79 Å². The molecular formula is C9H15N5O. The Hall–Kier alpha value is -1.43. The number of aryl methyl sites for hydroxylation is 1. The summed E-state index contributed by atoms with van der Waals surface area (Å²) in [5.41, 5.74) is 0. The van der Waals surface area contributed by atoms with E-state index in [1.165, 1.54) is 0 Å². The van der Waals surface area contributed by atoms with Crippen molar-refractivity contribution in [2.24, 2.45) is 13.0 Å². The summed E-state index contributed by atoms with van der Waals surface area (Å²) in [5.74, 6) is 1.23. The first kappa shape index (κ1) is 10.1. The SMILES string of the molecule is Cn1cnc(CNC(=O)CC2CNC2)n1. The molecule has 0 aromatic carbocycles. The number of carbonyl (C=O) groups excluding carboxylic acids is 1. The number of aromatic nitrogens is 3. The molecule has 0 aliphatic carbocycles. The van der Waals surface area contributed by atoms with Gasteiger partial charge in [0.25, 0.3) is 0 Å². The highest BCUT2D eigenvalue weighted by atomic mass is 16.1. The van der Waals surface area contributed by atoms with Crippen LogP contribution in [0.3, 0.4) is 0 Å². The normalized spacial score (nSPS) is 16.1. The fourth-order valence-electron chi connectivity index (χ4n) is 1.47. The lowest BCUT2D eigenvalue weighted by Crippen LogP contribution is -2.44. The zero-order valence-electron chi connectivity index (χ0n) is 8.73. The van der Waals surface area contributed by atoms with Gasteiger partial charge in [-0.25, -0.2) is 4.98 Å². The van der Waals surface area contributed by atoms with Crippen molar-refractivity contribution in [2.45, 2.75) is 13.0 Å². The smallest absolute Gasteiger partial charge is 0.220 e. The van der Waals surface area contributed by atoms with E-state index in [1.54, 1.807) is 18.1 Å². The number of nitrogens with zero attached hydrogens (tertiary/aromatic N) is 3. The Labute approximate surface area is 88.1 Å². The quantitative estimate of drug-likeness (QED) is 0.670. The number of rotatable bonds is 4. The van der Waals surface area contributed by atoms with E-state index < -0.39 is 0 Å². The maximum Gasteiger partial charge on any atom is 0.220 e. The van der Waals surface area contributed by atoms with Gasteiger partial charge in [0.05, 0.1) is 6.54 Å². The predicted molar refractivity (Wildman–Crippen MR) is 53.8 cm³/mol. The summed E-state index contributed by atoms with van der Waals surface area (Å²) >= 11 is 0. The molecule has 1 aromatic rings. The van der Waals surface area contributed by atoms with Crippen LogP contribution in [0.5, 0.6) is 0 Å². The van der Waals surface area contributed by atoms with E-state index in [0.29, 0.717) is 24.7 Å². The largest absolute Gasteiger partial charge is 0.349 e. The van der Waals surface area contributed by atoms with Crippen molar-refractivity contribution >= 4 is 5.91 Å². The van der Waals surface area contributed by atoms with Crippen molar-refractivity contribution in [3.63, 3.8) is 0 Å². The highest BCUT2D eigenvalue weighted by Gasteiger charge is 2.19. The zero-order valence-corrected chi connectivity index (χ0v) is 8.73. The third-order valence-electron chi connectivity index (χ3n) is 2.43. The average molecular weight is 209 g/mol. The summed E-state index contributed by atoms with van der Waals surface area (Å²) < 4.78 is 1.62. The van der Waals surface area contributed by atoms with Crippen LogP contribution in [0.2, 0.25) is 0 Å². The minimum Gasteiger partial charge on any atom is -0.349 e. The summed E-state index contributed by atoms with van der Waals surface area (Å²) in [5, 5.41) is 10.0. The molecule has 1 aromatic heterocycles. The molecule has 1 amide bonds. The first-order valence-electron chi connectivity index (χ1n) is 5.06. The Balaban J connectivity index is 1.70. The van der Waals surface area contributed by atoms with Crippen LogP contribution in [0.25, 0.3) is 0 Å². The number of amides is 1. The van der Waals surface area contributed by atoms with Crippen LogP contribution in [0.1, 0.15) is 12.2 Å². The summed E-state index contributed by atoms with van der Waals surface area (Å²) in [4.78, 5) is 15.5. The molecule has 0 bridgehead atoms. The Kier molecular flexibility index (Phi) is 2.96. The van der Waals surface area contributed by atoms with E-state index in [0.717, 1.165) is 13.1 Å². The van der Waals surface area contributed by atoms with Crippen LogP contribution in [-0.4, -0.2) is 33.8 Å². The molecular weight excluding hydrogens is 194 g/mol. The predicted octanol–water partition coefficient (Wildman–Crippen LogP) is -0.959. The molecule has 0 spiro atoms. The van der Waals surface area contributed by atoms with E-state index in [-0.39, 0.29) is 5.91 Å². The van der Waals surface area contributed by atoms with Gasteiger partial charge in [-0.2, -0.15) is 5.10 Å². The second kappa shape index (κ2) is 4.39. The van der Waals surface area contributed by atoms with Gasteiger partial charge in [0.2, 0.25) is 5.91 Å². The molecule has 0 radical (unpaired) electrons. The lowest BCUT2D eigenvalue weighted by molar-refractivity contribution is -0.122. The van der Waals surface area contributed by atoms with Gasteiger partial charge in [-0.1, -0.05) is 0 Å². The third-order valence-corrected chi connectivity index (χ3v) is 2.43. The topological polar surface area (TPSA) is 71.8 Å². The van der Waals surface area contributed by atoms with Crippen LogP contribution in [0.15, 0.2) is 6.33 Å². The Bertz CT molecular complexity index is 344. The second-order valence-corrected chi connectivity index (χ2v) is 3.84. The van der Waals surface area contributed by atoms with E-state index in [2.05, 4.69) is 20.7 Å². The standard InChI is InChI=1S/C9H15N5O/c1-14-6-12-8(13-14)5-11-9(15)2-7-3-10-4-7/h6-7,10H,2-5H2,1H3,(H,11,15). The molecule has 15 heavy (non-hydrogen) atoms. The molecule has 2 rings (SSSR count). The van der Waals surface area contributed by atoms with Crippen LogP contribution in [0.4, 0.5) is 0 Å². The summed E-state index contributed by atoms with van der Waals surface area (Å²) in [6, 6.07) is 0. The van der Waals surface area contributed by atoms with Crippen molar-refractivity contribution in [1.82, 2.24) is 25.4 Å². The number of nitrogens with one attached hydrogen (secondary N) is 2. The van der Waals surface area contributed by atoms with Gasteiger partial charge in [-0.3, -0.25) is 9.48 Å². The van der Waals surface area contributed by atoms with Gasteiger partial charge in [0, 0.05) is 13.5 Å². The first-order valence-corrected chi connectivity index (χ1v) is 5.06. The van der Waals surface area contributed by atoms with E-state index in [4.69, 9.17) is 0 Å². The molecule has 6 heteroatoms. The van der Waals surface area contributed by atoms with Crippen LogP contribution < -0.4 is 10.6 Å². The Morgan fingerprint density at radius 3 is 3.07 bits per heavy atom. The van der Waals surface area contributed by atoms with Crippen molar-refractivity contribution in [3.8, 4) is 0 Å². The lowest BCUT2D eigenvalue weighted by Gasteiger charge is -2.26. The summed E-state index contributed by atoms with van der Waals surface area (Å²) in [6.45, 7) is 2.32. The number of hydrogen-bond acceptors (Lipinski definition) is 4. The van der Waals surface area contributed by atoms with Gasteiger partial charge in [0.15, 0.2) is 5.82 Å². The van der Waals surface area contributed by atoms with Gasteiger partial charge >= 0.3 is 0 Å². The maximum atomic E-state index is 11.4. The molecule has 1 fully saturated rings. The molecule has 1 saturated heterocycles. The average Bonchev–Trinajstić information content (AvgIpc) is 2.55. The number of carbonyl (C=O) groups is 1. The Morgan fingerprint density at radius 2 is 2.53 bits per heavy atom. The summed E-state index contributed by atoms with van der Waals surface area (Å²) in [6.07, 6.45) is 2.22. The second-order valence-electron chi connectivity index (χ2n) is 3.84. The number of hydrogen-bond donors (Lipinski definition) is 2. The van der Waals surface area contributed by atoms with Gasteiger partial charge in [-0.05, 0) is 19.0 Å². The molecule has 0 atom stereocenters. The van der Waals surface area contributed by atoms with Gasteiger partial charge in [-0.15, -0.1) is 0 Å². The van der Waals surface area contributed by atoms with Gasteiger partial charge < -0.3 is 10.6 Å². The molecule has 6 nitrogen and oxygen atoms in total. The third kappa shape index (κ3) is 2.76. The summed E-state index contributed by atoms with van der Waals surface area (Å²) in [7, 11) is 1.80. The minimum absolute atomic E-state index is 0.0777. The highest BCUT2D eigenvalue weighted by molar-refractivity contribution is 5.76. The zero-order chi connectivity index (χ0) is 10.7. The van der Waals surface area contributed by atoms with E-state index in [1.807, 2.05) is 0 Å². The molecule has 0 unspecified atom stereocenters. The van der Waals surface area contributed by atoms with E-state index >= 15 is 0 Å². The van der Waals surface area contributed by atoms with Crippen LogP contribution in [-0.2, 0) is 18.4 Å². The Morgan fingerprint density at radius 1 is 1.73 bits per heavy atom. The molecule has 1 aliphatic rings. The molecule has 2 N–H and O–H groups in total. The van der Waals surface area contributed by atoms with Crippen molar-refractivity contribution in [3.05, 3.63) is 12.2 Å². The highest BCUT2D eigenvalue weighted by Crippen LogP contribution is 2.07.